The van der Waals surface area contributed by atoms with Crippen LogP contribution in [0.1, 0.15) is 25.3 Å². The van der Waals surface area contributed by atoms with Crippen LogP contribution in [0.25, 0.3) is 10.8 Å². The van der Waals surface area contributed by atoms with E-state index in [1.165, 1.54) is 10.8 Å². The van der Waals surface area contributed by atoms with Gasteiger partial charge in [0.05, 0.1) is 0 Å². The molecule has 0 unspecified atom stereocenters. The van der Waals surface area contributed by atoms with Crippen molar-refractivity contribution in [2.75, 3.05) is 0 Å². The number of hydrogen-bond acceptors (Lipinski definition) is 1. The summed E-state index contributed by atoms with van der Waals surface area (Å²) in [5.41, 5.74) is 1.09. The molecule has 0 saturated carbocycles. The number of carbonyl (C=O) groups is 1. The largest absolute Gasteiger partial charge is 0.299 e. The van der Waals surface area contributed by atoms with Gasteiger partial charge < -0.3 is 0 Å². The minimum absolute atomic E-state index is 0.257. The molecule has 2 rings (SSSR count). The molecule has 0 aliphatic heterocycles. The van der Waals surface area contributed by atoms with Gasteiger partial charge in [-0.3, -0.25) is 4.79 Å². The summed E-state index contributed by atoms with van der Waals surface area (Å²) in [5.74, 6) is 5.99. The van der Waals surface area contributed by atoms with Crippen LogP contribution in [0.3, 0.4) is 0 Å². The van der Waals surface area contributed by atoms with Crippen LogP contribution >= 0.6 is 0 Å². The van der Waals surface area contributed by atoms with Crippen LogP contribution < -0.4 is 0 Å². The van der Waals surface area contributed by atoms with Gasteiger partial charge in [0, 0.05) is 19.3 Å². The molecule has 0 saturated heterocycles. The maximum absolute atomic E-state index is 11.8. The van der Waals surface area contributed by atoms with Crippen LogP contribution in [0.2, 0.25) is 0 Å². The zero-order chi connectivity index (χ0) is 12.8. The molecule has 2 aromatic rings. The van der Waals surface area contributed by atoms with Gasteiger partial charge in [-0.1, -0.05) is 42.5 Å². The molecule has 0 heterocycles. The summed E-state index contributed by atoms with van der Waals surface area (Å²) in [6.45, 7) is 1.80. The fraction of sp³-hybridized carbons (Fsp3) is 0.235. The fourth-order valence-electron chi connectivity index (χ4n) is 1.99. The van der Waals surface area contributed by atoms with E-state index < -0.39 is 0 Å². The van der Waals surface area contributed by atoms with Crippen LogP contribution in [0.5, 0.6) is 0 Å². The monoisotopic (exact) mass is 236 g/mol. The highest BCUT2D eigenvalue weighted by Gasteiger charge is 2.03. The lowest BCUT2D eigenvalue weighted by molar-refractivity contribution is -0.118. The number of Topliss-reactive ketones (excluding diaryl/α,β-unsaturated/α-hetero) is 1. The molecule has 0 radical (unpaired) electrons. The second kappa shape index (κ2) is 6.02. The van der Waals surface area contributed by atoms with E-state index in [1.54, 1.807) is 6.92 Å². The van der Waals surface area contributed by atoms with E-state index in [-0.39, 0.29) is 5.78 Å². The van der Waals surface area contributed by atoms with Gasteiger partial charge in [-0.15, -0.1) is 11.8 Å². The SMILES string of the molecule is CC#CCCC(=O)Cc1ccc2ccccc2c1. The van der Waals surface area contributed by atoms with Crippen LogP contribution in [-0.2, 0) is 11.2 Å². The summed E-state index contributed by atoms with van der Waals surface area (Å²) >= 11 is 0. The summed E-state index contributed by atoms with van der Waals surface area (Å²) in [6.07, 6.45) is 1.73. The zero-order valence-corrected chi connectivity index (χ0v) is 10.6. The van der Waals surface area contributed by atoms with E-state index in [4.69, 9.17) is 0 Å². The lowest BCUT2D eigenvalue weighted by atomic mass is 10.0. The second-order valence-corrected chi connectivity index (χ2v) is 4.32. The molecule has 1 nitrogen and oxygen atoms in total. The molecule has 0 atom stereocenters. The quantitative estimate of drug-likeness (QED) is 0.739. The molecule has 0 fully saturated rings. The standard InChI is InChI=1S/C17H16O/c1-2-3-4-9-17(18)13-14-10-11-15-7-5-6-8-16(15)12-14/h5-8,10-12H,4,9,13H2,1H3. The van der Waals surface area contributed by atoms with Gasteiger partial charge in [-0.2, -0.15) is 0 Å². The number of carbonyl (C=O) groups excluding carboxylic acids is 1. The molecule has 0 aliphatic rings. The molecule has 18 heavy (non-hydrogen) atoms. The fourth-order valence-corrected chi connectivity index (χ4v) is 1.99. The number of fused-ring (bicyclic) bond motifs is 1. The Balaban J connectivity index is 2.06. The van der Waals surface area contributed by atoms with E-state index in [0.717, 1.165) is 5.56 Å². The average Bonchev–Trinajstić information content (AvgIpc) is 2.39. The Morgan fingerprint density at radius 2 is 1.89 bits per heavy atom. The number of rotatable bonds is 4. The van der Waals surface area contributed by atoms with Crippen molar-refractivity contribution in [1.29, 1.82) is 0 Å². The normalized spacial score (nSPS) is 9.83. The van der Waals surface area contributed by atoms with E-state index in [0.29, 0.717) is 19.3 Å². The summed E-state index contributed by atoms with van der Waals surface area (Å²) in [7, 11) is 0. The summed E-state index contributed by atoms with van der Waals surface area (Å²) in [5, 5.41) is 2.40. The van der Waals surface area contributed by atoms with E-state index in [2.05, 4.69) is 36.1 Å². The molecule has 0 spiro atoms. The predicted octanol–water partition coefficient (Wildman–Crippen LogP) is 3.75. The summed E-state index contributed by atoms with van der Waals surface area (Å²) in [4.78, 5) is 11.8. The molecule has 0 bridgehead atoms. The first-order valence-corrected chi connectivity index (χ1v) is 6.18. The average molecular weight is 236 g/mol. The van der Waals surface area contributed by atoms with Gasteiger partial charge in [0.2, 0.25) is 0 Å². The molecule has 0 N–H and O–H groups in total. The Kier molecular flexibility index (Phi) is 4.15. The lowest BCUT2D eigenvalue weighted by Crippen LogP contribution is -2.01. The van der Waals surface area contributed by atoms with Gasteiger partial charge in [0.1, 0.15) is 5.78 Å². The van der Waals surface area contributed by atoms with Crippen molar-refractivity contribution in [3.63, 3.8) is 0 Å². The van der Waals surface area contributed by atoms with Crippen molar-refractivity contribution in [3.8, 4) is 11.8 Å². The van der Waals surface area contributed by atoms with Crippen LogP contribution in [0.15, 0.2) is 42.5 Å². The van der Waals surface area contributed by atoms with Crippen molar-refractivity contribution in [1.82, 2.24) is 0 Å². The van der Waals surface area contributed by atoms with Crippen molar-refractivity contribution in [3.05, 3.63) is 48.0 Å². The molecule has 1 heteroatoms. The number of hydrogen-bond donors (Lipinski definition) is 0. The summed E-state index contributed by atoms with van der Waals surface area (Å²) < 4.78 is 0. The number of benzene rings is 2. The highest BCUT2D eigenvalue weighted by Crippen LogP contribution is 2.16. The van der Waals surface area contributed by atoms with E-state index >= 15 is 0 Å². The zero-order valence-electron chi connectivity index (χ0n) is 10.6. The Morgan fingerprint density at radius 1 is 1.11 bits per heavy atom. The lowest BCUT2D eigenvalue weighted by Gasteiger charge is -2.02. The highest BCUT2D eigenvalue weighted by molar-refractivity contribution is 5.86. The minimum atomic E-state index is 0.257. The summed E-state index contributed by atoms with van der Waals surface area (Å²) in [6, 6.07) is 14.4. The van der Waals surface area contributed by atoms with E-state index in [1.807, 2.05) is 18.2 Å². The maximum Gasteiger partial charge on any atom is 0.138 e. The smallest absolute Gasteiger partial charge is 0.138 e. The number of ketones is 1. The molecule has 0 amide bonds. The van der Waals surface area contributed by atoms with Crippen molar-refractivity contribution < 1.29 is 4.79 Å². The Morgan fingerprint density at radius 3 is 2.67 bits per heavy atom. The highest BCUT2D eigenvalue weighted by atomic mass is 16.1. The van der Waals surface area contributed by atoms with E-state index in [9.17, 15) is 4.79 Å². The van der Waals surface area contributed by atoms with Crippen molar-refractivity contribution in [2.45, 2.75) is 26.2 Å². The van der Waals surface area contributed by atoms with Gasteiger partial charge >= 0.3 is 0 Å². The third-order valence-electron chi connectivity index (χ3n) is 2.92. The first kappa shape index (κ1) is 12.4. The third-order valence-corrected chi connectivity index (χ3v) is 2.92. The molecular weight excluding hydrogens is 220 g/mol. The molecular formula is C17H16O. The van der Waals surface area contributed by atoms with Gasteiger partial charge in [-0.25, -0.2) is 0 Å². The van der Waals surface area contributed by atoms with Crippen molar-refractivity contribution >= 4 is 16.6 Å². The first-order chi connectivity index (χ1) is 8.79. The predicted molar refractivity (Wildman–Crippen MR) is 75.3 cm³/mol. The molecule has 0 aromatic heterocycles. The Labute approximate surface area is 108 Å². The molecule has 0 aliphatic carbocycles. The molecule has 2 aromatic carbocycles. The topological polar surface area (TPSA) is 17.1 Å². The maximum atomic E-state index is 11.8. The van der Waals surface area contributed by atoms with Crippen LogP contribution in [-0.4, -0.2) is 5.78 Å². The second-order valence-electron chi connectivity index (χ2n) is 4.32. The van der Waals surface area contributed by atoms with Gasteiger partial charge in [0.25, 0.3) is 0 Å². The van der Waals surface area contributed by atoms with Gasteiger partial charge in [-0.05, 0) is 23.3 Å². The first-order valence-electron chi connectivity index (χ1n) is 6.18. The third kappa shape index (κ3) is 3.21. The van der Waals surface area contributed by atoms with Gasteiger partial charge in [0.15, 0.2) is 0 Å². The Hall–Kier alpha value is -2.07. The van der Waals surface area contributed by atoms with Crippen LogP contribution in [0, 0.1) is 11.8 Å². The van der Waals surface area contributed by atoms with Crippen molar-refractivity contribution in [2.24, 2.45) is 0 Å². The molecule has 90 valence electrons. The Bertz CT molecular complexity index is 614. The minimum Gasteiger partial charge on any atom is -0.299 e. The van der Waals surface area contributed by atoms with Crippen LogP contribution in [0.4, 0.5) is 0 Å².